The van der Waals surface area contributed by atoms with E-state index in [1.54, 1.807) is 0 Å². The number of terminal acetylenes is 1. The lowest BCUT2D eigenvalue weighted by Gasteiger charge is -2.31. The van der Waals surface area contributed by atoms with Crippen molar-refractivity contribution >= 4 is 109 Å². The van der Waals surface area contributed by atoms with Crippen molar-refractivity contribution in [2.45, 2.75) is 48.5 Å². The van der Waals surface area contributed by atoms with Gasteiger partial charge in [0.2, 0.25) is 0 Å². The monoisotopic (exact) mass is 394 g/mol. The maximum absolute atomic E-state index is 12.0. The van der Waals surface area contributed by atoms with E-state index in [0.29, 0.717) is 0 Å². The molecule has 0 spiro atoms. The summed E-state index contributed by atoms with van der Waals surface area (Å²) < 4.78 is 5.74. The van der Waals surface area contributed by atoms with Crippen LogP contribution in [-0.2, 0) is 19.2 Å². The van der Waals surface area contributed by atoms with Crippen LogP contribution in [0.15, 0.2) is 0 Å². The summed E-state index contributed by atoms with van der Waals surface area (Å²) >= 11 is 0. The van der Waals surface area contributed by atoms with Gasteiger partial charge < -0.3 is 14.7 Å². The number of hydrogen-bond acceptors (Lipinski definition) is 4. The molecule has 0 fully saturated rings. The van der Waals surface area contributed by atoms with Crippen LogP contribution in [0.4, 0.5) is 0 Å². The standard InChI is InChI=1S/C4H5B12O2.C3H6O.C2H6.C2H2.CH2O2.CH4/c1-3(17)2-4(18)12(15(10)11-5)16(13(6)7)14(8)9;1-3(2)4;2*1-2;2-1-3;/h2H2,1H3;1-2H3;1-2H3;1-2H;1H,(H,2,3);1H4/i;;;1D;;. The Morgan fingerprint density at radius 3 is 1.50 bits per heavy atom. The molecule has 0 saturated carbocycles. The summed E-state index contributed by atoms with van der Waals surface area (Å²) in [6.07, 6.45) is 2.05. The molecule has 0 saturated heterocycles. The molecule has 13 radical (unpaired) electrons. The van der Waals surface area contributed by atoms with E-state index in [0.717, 1.165) is 7.06 Å². The van der Waals surface area contributed by atoms with E-state index in [2.05, 4.69) is 6.42 Å². The van der Waals surface area contributed by atoms with E-state index in [1.165, 1.54) is 27.2 Å². The highest BCUT2D eigenvalue weighted by Gasteiger charge is 2.40. The third-order valence-electron chi connectivity index (χ3n) is 2.74. The number of hydrogen-bond donors (Lipinski definition) is 1. The zero-order valence-electron chi connectivity index (χ0n) is 18.9. The molecule has 1 N–H and O–H groups in total. The Labute approximate surface area is 196 Å². The fourth-order valence-corrected chi connectivity index (χ4v) is 1.90. The third-order valence-corrected chi connectivity index (χ3v) is 2.74. The largest absolute Gasteiger partial charge is 0.483 e. The Morgan fingerprint density at radius 1 is 1.07 bits per heavy atom. The second-order valence-electron chi connectivity index (χ2n) is 5.39. The maximum atomic E-state index is 12.0. The minimum Gasteiger partial charge on any atom is -0.483 e. The average molecular weight is 392 g/mol. The molecule has 0 unspecified atom stereocenters. The minimum absolute atomic E-state index is 0. The lowest BCUT2D eigenvalue weighted by Crippen LogP contribution is -2.71. The summed E-state index contributed by atoms with van der Waals surface area (Å²) in [7, 11) is 34.5. The second kappa shape index (κ2) is 30.0. The second-order valence-corrected chi connectivity index (χ2v) is 5.39. The van der Waals surface area contributed by atoms with E-state index in [9.17, 15) is 14.4 Å². The van der Waals surface area contributed by atoms with Crippen molar-refractivity contribution in [3.8, 4) is 12.8 Å². The van der Waals surface area contributed by atoms with Crippen LogP contribution in [-0.4, -0.2) is 114 Å². The zero-order chi connectivity index (χ0) is 25.4. The van der Waals surface area contributed by atoms with Crippen LogP contribution >= 0.6 is 0 Å². The first-order valence-electron chi connectivity index (χ1n) is 9.06. The van der Waals surface area contributed by atoms with Gasteiger partial charge >= 0.3 is 0 Å². The molecule has 5 nitrogen and oxygen atoms in total. The highest BCUT2D eigenvalue weighted by Crippen LogP contribution is 2.02. The van der Waals surface area contributed by atoms with E-state index in [-0.39, 0.29) is 31.9 Å². The van der Waals surface area contributed by atoms with Crippen LogP contribution in [0.3, 0.4) is 0 Å². The molecule has 30 heavy (non-hydrogen) atoms. The van der Waals surface area contributed by atoms with Gasteiger partial charge in [-0.1, -0.05) is 21.3 Å². The van der Waals surface area contributed by atoms with Crippen molar-refractivity contribution in [3.05, 3.63) is 0 Å². The number of carbonyl (C=O) groups excluding carboxylic acids is 3. The van der Waals surface area contributed by atoms with Crippen molar-refractivity contribution in [3.63, 3.8) is 0 Å². The highest BCUT2D eigenvalue weighted by molar-refractivity contribution is 8.05. The summed E-state index contributed by atoms with van der Waals surface area (Å²) in [5.74, 6) is -0.121. The van der Waals surface area contributed by atoms with E-state index in [1.807, 2.05) is 13.8 Å². The van der Waals surface area contributed by atoms with Crippen molar-refractivity contribution in [2.24, 2.45) is 0 Å². The molecule has 0 aromatic carbocycles. The van der Waals surface area contributed by atoms with Gasteiger partial charge in [-0.15, -0.1) is 12.8 Å². The van der Waals surface area contributed by atoms with Crippen molar-refractivity contribution in [1.29, 1.82) is 0 Å². The smallest absolute Gasteiger partial charge is 0.290 e. The molecule has 0 aliphatic carbocycles. The summed E-state index contributed by atoms with van der Waals surface area (Å²) in [4.78, 5) is 40.8. The average Bonchev–Trinajstić information content (AvgIpc) is 2.60. The van der Waals surface area contributed by atoms with Gasteiger partial charge in [-0.25, -0.2) is 0 Å². The molecule has 0 bridgehead atoms. The fraction of sp³-hybridized carbons (Fsp3) is 0.538. The van der Waals surface area contributed by atoms with Gasteiger partial charge in [-0.05, 0) is 20.8 Å². The third kappa shape index (κ3) is 29.0. The van der Waals surface area contributed by atoms with Crippen LogP contribution in [0.5, 0.6) is 0 Å². The maximum Gasteiger partial charge on any atom is 0.290 e. The number of Topliss-reactive ketones (excluding diaryl/α,β-unsaturated/α-hetero) is 2. The predicted octanol–water partition coefficient (Wildman–Crippen LogP) is -2.32. The van der Waals surface area contributed by atoms with Gasteiger partial charge in [0.1, 0.15) is 19.4 Å². The molecule has 17 heteroatoms. The SMILES string of the molecule is C.CC.CC(C)=O.O=CO.[2H]C#C.[B][B]B([B])B(B(B([B])[B])B([B])[B])C(=O)CC(C)=O. The minimum atomic E-state index is -0.933. The van der Waals surface area contributed by atoms with Gasteiger partial charge in [-0.2, -0.15) is 0 Å². The van der Waals surface area contributed by atoms with Crippen molar-refractivity contribution in [1.82, 2.24) is 0 Å². The first-order valence-corrected chi connectivity index (χ1v) is 8.56. The topological polar surface area (TPSA) is 88.5 Å². The number of ketones is 2. The first-order chi connectivity index (χ1) is 13.8. The number of carbonyl (C=O) groups is 4. The zero-order valence-corrected chi connectivity index (χ0v) is 17.9. The quantitative estimate of drug-likeness (QED) is 0.217. The Morgan fingerprint density at radius 2 is 1.33 bits per heavy atom. The summed E-state index contributed by atoms with van der Waals surface area (Å²) in [6, 6.07) is 0. The van der Waals surface area contributed by atoms with Gasteiger partial charge in [0, 0.05) is 79.0 Å². The van der Waals surface area contributed by atoms with Gasteiger partial charge in [0.15, 0.2) is 0 Å². The predicted molar refractivity (Wildman–Crippen MR) is 142 cm³/mol. The summed E-state index contributed by atoms with van der Waals surface area (Å²) in [5, 5.41) is 6.89. The fourth-order valence-electron chi connectivity index (χ4n) is 1.90. The molecular weight excluding hydrogens is 366 g/mol. The van der Waals surface area contributed by atoms with Crippen molar-refractivity contribution in [2.75, 3.05) is 0 Å². The van der Waals surface area contributed by atoms with Crippen LogP contribution < -0.4 is 0 Å². The first kappa shape index (κ1) is 39.3. The van der Waals surface area contributed by atoms with E-state index in [4.69, 9.17) is 57.7 Å². The Balaban J connectivity index is -0.0000000998. The highest BCUT2D eigenvalue weighted by atomic mass is 16.3. The van der Waals surface area contributed by atoms with E-state index >= 15 is 0 Å². The van der Waals surface area contributed by atoms with Gasteiger partial charge in [0.25, 0.3) is 6.47 Å². The molecule has 0 aromatic heterocycles. The lowest BCUT2D eigenvalue weighted by molar-refractivity contribution is -0.123. The van der Waals surface area contributed by atoms with Crippen LogP contribution in [0.25, 0.3) is 0 Å². The molecule has 0 aliphatic heterocycles. The molecule has 0 aromatic rings. The molecule has 0 heterocycles. The normalized spacial score (nSPS) is 7.27. The molecule has 0 atom stereocenters. The van der Waals surface area contributed by atoms with Crippen LogP contribution in [0.1, 0.15) is 49.8 Å². The lowest BCUT2D eigenvalue weighted by atomic mass is 8.54. The molecule has 0 aliphatic rings. The Hall–Kier alpha value is -1.18. The number of carboxylic acid groups (broad SMARTS) is 1. The summed E-state index contributed by atoms with van der Waals surface area (Å²) in [5.41, 5.74) is -0.413. The Kier molecular flexibility index (Phi) is 39.3. The van der Waals surface area contributed by atoms with E-state index < -0.39 is 37.7 Å². The molecule has 143 valence electrons. The molecular formula is C13H25B12O5. The van der Waals surface area contributed by atoms with Gasteiger partial charge in [0.05, 0.1) is 12.1 Å². The van der Waals surface area contributed by atoms with Crippen molar-refractivity contribution < 1.29 is 25.7 Å². The molecule has 0 amide bonds. The summed E-state index contributed by atoms with van der Waals surface area (Å²) in [6.45, 7) is 7.23. The van der Waals surface area contributed by atoms with Gasteiger partial charge in [-0.3, -0.25) is 9.59 Å². The Bertz CT molecular complexity index is 492. The number of rotatable bonds is 8. The molecule has 0 rings (SSSR count). The van der Waals surface area contributed by atoms with Crippen LogP contribution in [0, 0.1) is 12.8 Å². The van der Waals surface area contributed by atoms with Crippen LogP contribution in [0.2, 0.25) is 0 Å².